The van der Waals surface area contributed by atoms with Gasteiger partial charge in [-0.2, -0.15) is 0 Å². The van der Waals surface area contributed by atoms with Gasteiger partial charge in [0.05, 0.1) is 0 Å². The van der Waals surface area contributed by atoms with Crippen LogP contribution in [-0.2, 0) is 4.79 Å². The summed E-state index contributed by atoms with van der Waals surface area (Å²) in [6, 6.07) is 8.71. The summed E-state index contributed by atoms with van der Waals surface area (Å²) in [5.74, 6) is 0.784. The third-order valence-corrected chi connectivity index (χ3v) is 5.15. The van der Waals surface area contributed by atoms with Gasteiger partial charge >= 0.3 is 0 Å². The van der Waals surface area contributed by atoms with E-state index in [9.17, 15) is 4.79 Å². The summed E-state index contributed by atoms with van der Waals surface area (Å²) in [6.45, 7) is 7.99. The lowest BCUT2D eigenvalue weighted by Gasteiger charge is -2.31. The van der Waals surface area contributed by atoms with Crippen LogP contribution >= 0.6 is 11.8 Å². The van der Waals surface area contributed by atoms with Crippen molar-refractivity contribution in [2.75, 3.05) is 13.1 Å². The van der Waals surface area contributed by atoms with E-state index in [0.717, 1.165) is 25.9 Å². The molecule has 2 nitrogen and oxygen atoms in total. The fourth-order valence-electron chi connectivity index (χ4n) is 2.53. The molecule has 1 aromatic rings. The van der Waals surface area contributed by atoms with Crippen molar-refractivity contribution in [3.8, 4) is 0 Å². The van der Waals surface area contributed by atoms with Gasteiger partial charge in [0, 0.05) is 30.2 Å². The molecule has 1 aliphatic rings. The van der Waals surface area contributed by atoms with Crippen LogP contribution in [0.25, 0.3) is 0 Å². The monoisotopic (exact) mass is 277 g/mol. The molecular weight excluding hydrogens is 254 g/mol. The first-order valence-electron chi connectivity index (χ1n) is 7.09. The molecule has 0 radical (unpaired) electrons. The lowest BCUT2D eigenvalue weighted by molar-refractivity contribution is -0.129. The van der Waals surface area contributed by atoms with Crippen LogP contribution in [-0.4, -0.2) is 29.1 Å². The number of hydrogen-bond acceptors (Lipinski definition) is 2. The number of amides is 1. The highest BCUT2D eigenvalue weighted by Crippen LogP contribution is 2.35. The van der Waals surface area contributed by atoms with E-state index in [2.05, 4.69) is 38.1 Å². The molecule has 0 saturated carbocycles. The summed E-state index contributed by atoms with van der Waals surface area (Å²) < 4.78 is 0. The van der Waals surface area contributed by atoms with Gasteiger partial charge in [-0.25, -0.2) is 0 Å². The van der Waals surface area contributed by atoms with Crippen molar-refractivity contribution >= 4 is 17.7 Å². The summed E-state index contributed by atoms with van der Waals surface area (Å²) in [5.41, 5.74) is 1.45. The number of piperidine rings is 1. The maximum absolute atomic E-state index is 11.3. The highest BCUT2D eigenvalue weighted by Gasteiger charge is 2.22. The Bertz CT molecular complexity index is 436. The van der Waals surface area contributed by atoms with Crippen molar-refractivity contribution in [2.24, 2.45) is 0 Å². The fourth-order valence-corrected chi connectivity index (χ4v) is 3.94. The van der Waals surface area contributed by atoms with Gasteiger partial charge in [0.1, 0.15) is 0 Å². The zero-order chi connectivity index (χ0) is 13.8. The molecule has 2 rings (SSSR count). The molecule has 3 heteroatoms. The third kappa shape index (κ3) is 3.75. The van der Waals surface area contributed by atoms with Crippen LogP contribution < -0.4 is 0 Å². The van der Waals surface area contributed by atoms with Gasteiger partial charge in [-0.15, -0.1) is 11.8 Å². The van der Waals surface area contributed by atoms with Crippen molar-refractivity contribution in [3.63, 3.8) is 0 Å². The van der Waals surface area contributed by atoms with Gasteiger partial charge < -0.3 is 4.90 Å². The topological polar surface area (TPSA) is 20.3 Å². The molecule has 1 aliphatic heterocycles. The minimum absolute atomic E-state index is 0.214. The molecule has 1 aromatic carbocycles. The van der Waals surface area contributed by atoms with E-state index in [1.54, 1.807) is 6.92 Å². The first-order valence-corrected chi connectivity index (χ1v) is 7.97. The lowest BCUT2D eigenvalue weighted by atomic mass is 10.0. The van der Waals surface area contributed by atoms with E-state index in [1.165, 1.54) is 10.5 Å². The van der Waals surface area contributed by atoms with E-state index in [0.29, 0.717) is 11.2 Å². The molecule has 1 amide bonds. The number of hydrogen-bond donors (Lipinski definition) is 0. The van der Waals surface area contributed by atoms with Gasteiger partial charge in [-0.1, -0.05) is 32.0 Å². The number of carbonyl (C=O) groups excluding carboxylic acids is 1. The van der Waals surface area contributed by atoms with Crippen LogP contribution in [0.4, 0.5) is 0 Å². The van der Waals surface area contributed by atoms with Gasteiger partial charge in [0.2, 0.25) is 5.91 Å². The zero-order valence-corrected chi connectivity index (χ0v) is 12.9. The van der Waals surface area contributed by atoms with Crippen LogP contribution in [0.1, 0.15) is 45.1 Å². The van der Waals surface area contributed by atoms with Gasteiger partial charge in [0.15, 0.2) is 0 Å². The Morgan fingerprint density at radius 3 is 2.47 bits per heavy atom. The highest BCUT2D eigenvalue weighted by atomic mass is 32.2. The second-order valence-electron chi connectivity index (χ2n) is 5.52. The molecule has 0 bridgehead atoms. The predicted molar refractivity (Wildman–Crippen MR) is 81.7 cm³/mol. The smallest absolute Gasteiger partial charge is 0.219 e. The minimum Gasteiger partial charge on any atom is -0.343 e. The van der Waals surface area contributed by atoms with Crippen molar-refractivity contribution in [1.82, 2.24) is 4.90 Å². The number of thioether (sulfide) groups is 1. The molecule has 1 saturated heterocycles. The first-order chi connectivity index (χ1) is 9.08. The standard InChI is InChI=1S/C16H23NOS/c1-12(2)15-6-4-5-7-16(15)19-14-8-10-17(11-9-14)13(3)18/h4-7,12,14H,8-11H2,1-3H3. The fraction of sp³-hybridized carbons (Fsp3) is 0.562. The van der Waals surface area contributed by atoms with Crippen LogP contribution in [0.15, 0.2) is 29.2 Å². The Morgan fingerprint density at radius 1 is 1.26 bits per heavy atom. The maximum atomic E-state index is 11.3. The van der Waals surface area contributed by atoms with Crippen molar-refractivity contribution in [1.29, 1.82) is 0 Å². The minimum atomic E-state index is 0.214. The lowest BCUT2D eigenvalue weighted by Crippen LogP contribution is -2.37. The molecule has 0 spiro atoms. The van der Waals surface area contributed by atoms with Crippen LogP contribution in [0.2, 0.25) is 0 Å². The van der Waals surface area contributed by atoms with Gasteiger partial charge in [-0.05, 0) is 30.4 Å². The number of benzene rings is 1. The molecule has 1 heterocycles. The van der Waals surface area contributed by atoms with Crippen LogP contribution in [0, 0.1) is 0 Å². The Labute approximate surface area is 120 Å². The van der Waals surface area contributed by atoms with Crippen molar-refractivity contribution in [2.45, 2.75) is 49.7 Å². The number of carbonyl (C=O) groups is 1. The van der Waals surface area contributed by atoms with E-state index >= 15 is 0 Å². The molecule has 0 aromatic heterocycles. The molecule has 104 valence electrons. The molecule has 0 N–H and O–H groups in total. The summed E-state index contributed by atoms with van der Waals surface area (Å²) in [6.07, 6.45) is 2.22. The van der Waals surface area contributed by atoms with Gasteiger partial charge in [-0.3, -0.25) is 4.79 Å². The Hall–Kier alpha value is -0.960. The number of rotatable bonds is 3. The van der Waals surface area contributed by atoms with Gasteiger partial charge in [0.25, 0.3) is 0 Å². The summed E-state index contributed by atoms with van der Waals surface area (Å²) in [5, 5.41) is 0.649. The summed E-state index contributed by atoms with van der Waals surface area (Å²) >= 11 is 2.00. The molecule has 0 unspecified atom stereocenters. The maximum Gasteiger partial charge on any atom is 0.219 e. The Kier molecular flexibility index (Phi) is 4.92. The average Bonchev–Trinajstić information content (AvgIpc) is 2.39. The third-order valence-electron chi connectivity index (χ3n) is 3.72. The van der Waals surface area contributed by atoms with Crippen molar-refractivity contribution < 1.29 is 4.79 Å². The van der Waals surface area contributed by atoms with E-state index in [-0.39, 0.29) is 5.91 Å². The largest absolute Gasteiger partial charge is 0.343 e. The average molecular weight is 277 g/mol. The molecular formula is C16H23NOS. The number of nitrogens with zero attached hydrogens (tertiary/aromatic N) is 1. The predicted octanol–water partition coefficient (Wildman–Crippen LogP) is 3.91. The Balaban J connectivity index is 1.98. The molecule has 19 heavy (non-hydrogen) atoms. The summed E-state index contributed by atoms with van der Waals surface area (Å²) in [4.78, 5) is 14.7. The van der Waals surface area contributed by atoms with Crippen LogP contribution in [0.3, 0.4) is 0 Å². The molecule has 1 fully saturated rings. The quantitative estimate of drug-likeness (QED) is 0.835. The highest BCUT2D eigenvalue weighted by molar-refractivity contribution is 8.00. The zero-order valence-electron chi connectivity index (χ0n) is 12.1. The second-order valence-corrected chi connectivity index (χ2v) is 6.86. The van der Waals surface area contributed by atoms with E-state index in [4.69, 9.17) is 0 Å². The summed E-state index contributed by atoms with van der Waals surface area (Å²) in [7, 11) is 0. The second kappa shape index (κ2) is 6.47. The number of likely N-dealkylation sites (tertiary alicyclic amines) is 1. The normalized spacial score (nSPS) is 16.9. The van der Waals surface area contributed by atoms with Crippen molar-refractivity contribution in [3.05, 3.63) is 29.8 Å². The SMILES string of the molecule is CC(=O)N1CCC(Sc2ccccc2C(C)C)CC1. The Morgan fingerprint density at radius 2 is 1.89 bits per heavy atom. The van der Waals surface area contributed by atoms with E-state index in [1.807, 2.05) is 16.7 Å². The molecule has 0 atom stereocenters. The molecule has 0 aliphatic carbocycles. The van der Waals surface area contributed by atoms with Crippen LogP contribution in [0.5, 0.6) is 0 Å². The first kappa shape index (κ1) is 14.4. The van der Waals surface area contributed by atoms with E-state index < -0.39 is 0 Å².